The molecule has 0 spiro atoms. The monoisotopic (exact) mass is 815 g/mol. The first-order valence-corrected chi connectivity index (χ1v) is 21.7. The number of para-hydroxylation sites is 5. The molecule has 0 saturated heterocycles. The first-order chi connectivity index (χ1) is 31.8. The van der Waals surface area contributed by atoms with Gasteiger partial charge in [0.05, 0.1) is 49.7 Å². The van der Waals surface area contributed by atoms with Gasteiger partial charge in [-0.15, -0.1) is 0 Å². The van der Waals surface area contributed by atoms with E-state index in [0.717, 1.165) is 66.1 Å². The molecule has 0 aliphatic carbocycles. The summed E-state index contributed by atoms with van der Waals surface area (Å²) in [6.45, 7) is 0. The molecule has 15 rings (SSSR count). The lowest BCUT2D eigenvalue weighted by atomic mass is 10.0. The lowest BCUT2D eigenvalue weighted by Gasteiger charge is -2.11. The van der Waals surface area contributed by atoms with E-state index in [1.807, 2.05) is 12.1 Å². The molecule has 15 aromatic rings. The lowest BCUT2D eigenvalue weighted by molar-refractivity contribution is 0.651. The van der Waals surface area contributed by atoms with Crippen LogP contribution in [-0.4, -0.2) is 23.5 Å². The zero-order valence-electron chi connectivity index (χ0n) is 34.2. The van der Waals surface area contributed by atoms with Gasteiger partial charge in [0.15, 0.2) is 0 Å². The van der Waals surface area contributed by atoms with E-state index in [2.05, 4.69) is 202 Å². The highest BCUT2D eigenvalue weighted by atomic mass is 16.3. The number of fused-ring (bicyclic) bond motifs is 16. The van der Waals surface area contributed by atoms with Crippen LogP contribution in [-0.2, 0) is 0 Å². The fourth-order valence-corrected chi connectivity index (χ4v) is 10.9. The van der Waals surface area contributed by atoms with Gasteiger partial charge in [-0.3, -0.25) is 4.57 Å². The van der Waals surface area contributed by atoms with E-state index in [1.54, 1.807) is 0 Å². The smallest absolute Gasteiger partial charge is 0.238 e. The molecule has 0 radical (unpaired) electrons. The van der Waals surface area contributed by atoms with Crippen molar-refractivity contribution in [3.63, 3.8) is 0 Å². The van der Waals surface area contributed by atoms with Crippen molar-refractivity contribution < 1.29 is 4.42 Å². The second-order valence-corrected chi connectivity index (χ2v) is 16.9. The number of aromatic nitrogens is 5. The highest BCUT2D eigenvalue weighted by Crippen LogP contribution is 2.48. The summed E-state index contributed by atoms with van der Waals surface area (Å²) in [6, 6.07) is 71.7. The molecule has 6 aromatic heterocycles. The van der Waals surface area contributed by atoms with Gasteiger partial charge < -0.3 is 13.4 Å². The van der Waals surface area contributed by atoms with E-state index in [1.165, 1.54) is 60.0 Å². The third-order valence-electron chi connectivity index (χ3n) is 13.6. The van der Waals surface area contributed by atoms with Gasteiger partial charge >= 0.3 is 0 Å². The number of furan rings is 1. The maximum atomic E-state index is 6.69. The second-order valence-electron chi connectivity index (χ2n) is 16.9. The molecule has 0 saturated carbocycles. The van der Waals surface area contributed by atoms with Crippen LogP contribution in [0.4, 0.5) is 0 Å². The maximum Gasteiger partial charge on any atom is 0.238 e. The van der Waals surface area contributed by atoms with Crippen molar-refractivity contribution in [3.05, 3.63) is 200 Å². The Hall–Kier alpha value is -8.74. The maximum absolute atomic E-state index is 6.69. The SMILES string of the molecule is c1ccc(-c2ccc3c4cc5c(c6ccccc6n5-c5nc(-c6ccc7c(c6)c6ccccc6n7-c6ccccc6)c6c(n5)oc5ccccc56)c5c6ccccc6n(c3c2)c45)cc1. The van der Waals surface area contributed by atoms with Crippen LogP contribution in [0.5, 0.6) is 0 Å². The number of hydrogen-bond acceptors (Lipinski definition) is 3. The van der Waals surface area contributed by atoms with Crippen molar-refractivity contribution in [1.29, 1.82) is 0 Å². The van der Waals surface area contributed by atoms with Crippen molar-refractivity contribution in [3.8, 4) is 34.0 Å². The standard InChI is InChI=1S/C58H33N5O/c1-3-15-34(16-4-1)35-27-29-39-44-33-50-52(53-41-21-9-12-24-46(41)62(56(44)53)49(39)32-35)40-20-8-13-25-47(40)63(50)58-59-55(54-42-22-10-14-26-51(42)64-57(54)60-58)36-28-30-48-43(31-36)38-19-7-11-23-45(38)61(48)37-17-5-2-6-18-37/h1-33H. The summed E-state index contributed by atoms with van der Waals surface area (Å²) >= 11 is 0. The molecular weight excluding hydrogens is 783 g/mol. The molecule has 6 nitrogen and oxygen atoms in total. The van der Waals surface area contributed by atoms with Gasteiger partial charge in [0, 0.05) is 59.7 Å². The molecule has 64 heavy (non-hydrogen) atoms. The van der Waals surface area contributed by atoms with E-state index in [4.69, 9.17) is 14.4 Å². The molecule has 0 N–H and O–H groups in total. The van der Waals surface area contributed by atoms with Gasteiger partial charge in [-0.05, 0) is 71.8 Å². The van der Waals surface area contributed by atoms with Gasteiger partial charge in [-0.2, -0.15) is 4.98 Å². The van der Waals surface area contributed by atoms with E-state index < -0.39 is 0 Å². The minimum absolute atomic E-state index is 0.556. The third kappa shape index (κ3) is 4.43. The van der Waals surface area contributed by atoms with Crippen LogP contribution in [0.3, 0.4) is 0 Å². The number of rotatable bonds is 4. The highest BCUT2D eigenvalue weighted by molar-refractivity contribution is 6.36. The first-order valence-electron chi connectivity index (χ1n) is 21.7. The predicted octanol–water partition coefficient (Wildman–Crippen LogP) is 15.1. The molecule has 0 aliphatic heterocycles. The zero-order chi connectivity index (χ0) is 41.6. The third-order valence-corrected chi connectivity index (χ3v) is 13.6. The molecule has 0 amide bonds. The first kappa shape index (κ1) is 33.9. The van der Waals surface area contributed by atoms with Gasteiger partial charge in [0.25, 0.3) is 0 Å². The van der Waals surface area contributed by atoms with E-state index >= 15 is 0 Å². The van der Waals surface area contributed by atoms with Crippen molar-refractivity contribution in [2.75, 3.05) is 0 Å². The van der Waals surface area contributed by atoms with E-state index in [0.29, 0.717) is 11.7 Å². The summed E-state index contributed by atoms with van der Waals surface area (Å²) in [5.41, 5.74) is 14.7. The quantitative estimate of drug-likeness (QED) is 0.178. The number of hydrogen-bond donors (Lipinski definition) is 0. The van der Waals surface area contributed by atoms with Gasteiger partial charge in [-0.25, -0.2) is 4.98 Å². The minimum Gasteiger partial charge on any atom is -0.437 e. The van der Waals surface area contributed by atoms with E-state index in [9.17, 15) is 0 Å². The Morgan fingerprint density at radius 1 is 0.344 bits per heavy atom. The highest BCUT2D eigenvalue weighted by Gasteiger charge is 2.27. The average molecular weight is 816 g/mol. The largest absolute Gasteiger partial charge is 0.437 e. The minimum atomic E-state index is 0.556. The van der Waals surface area contributed by atoms with Crippen LogP contribution >= 0.6 is 0 Å². The molecule has 0 atom stereocenters. The second kappa shape index (κ2) is 12.4. The van der Waals surface area contributed by atoms with Crippen LogP contribution in [0, 0.1) is 0 Å². The molecule has 0 fully saturated rings. The van der Waals surface area contributed by atoms with Gasteiger partial charge in [-0.1, -0.05) is 140 Å². The van der Waals surface area contributed by atoms with Crippen molar-refractivity contribution >= 4 is 104 Å². The Morgan fingerprint density at radius 2 is 0.969 bits per heavy atom. The Bertz CT molecular complexity index is 4420. The Morgan fingerprint density at radius 3 is 1.78 bits per heavy atom. The molecule has 0 bridgehead atoms. The average Bonchev–Trinajstić information content (AvgIpc) is 4.15. The Labute approximate surface area is 364 Å². The van der Waals surface area contributed by atoms with Crippen LogP contribution in [0.15, 0.2) is 205 Å². The molecule has 0 aliphatic rings. The molecular formula is C58H33N5O. The van der Waals surface area contributed by atoms with Crippen LogP contribution < -0.4 is 0 Å². The predicted molar refractivity (Wildman–Crippen MR) is 264 cm³/mol. The van der Waals surface area contributed by atoms with Gasteiger partial charge in [0.2, 0.25) is 11.7 Å². The molecule has 296 valence electrons. The van der Waals surface area contributed by atoms with Gasteiger partial charge in [0.1, 0.15) is 5.58 Å². The Kier molecular flexibility index (Phi) is 6.59. The van der Waals surface area contributed by atoms with E-state index in [-0.39, 0.29) is 0 Å². The van der Waals surface area contributed by atoms with Crippen LogP contribution in [0.25, 0.3) is 138 Å². The zero-order valence-corrected chi connectivity index (χ0v) is 34.2. The summed E-state index contributed by atoms with van der Waals surface area (Å²) in [4.78, 5) is 11.0. The normalized spacial score (nSPS) is 12.4. The number of nitrogens with zero attached hydrogens (tertiary/aromatic N) is 5. The molecule has 9 aromatic carbocycles. The lowest BCUT2D eigenvalue weighted by Crippen LogP contribution is -2.03. The molecule has 0 unspecified atom stereocenters. The van der Waals surface area contributed by atoms with Crippen LogP contribution in [0.2, 0.25) is 0 Å². The van der Waals surface area contributed by atoms with Crippen molar-refractivity contribution in [2.24, 2.45) is 0 Å². The molecule has 6 heteroatoms. The summed E-state index contributed by atoms with van der Waals surface area (Å²) in [7, 11) is 0. The van der Waals surface area contributed by atoms with Crippen molar-refractivity contribution in [1.82, 2.24) is 23.5 Å². The summed E-state index contributed by atoms with van der Waals surface area (Å²) in [5.74, 6) is 0.563. The number of benzene rings is 9. The van der Waals surface area contributed by atoms with Crippen LogP contribution in [0.1, 0.15) is 0 Å². The summed E-state index contributed by atoms with van der Waals surface area (Å²) in [6.07, 6.45) is 0. The summed E-state index contributed by atoms with van der Waals surface area (Å²) < 4.78 is 13.8. The summed E-state index contributed by atoms with van der Waals surface area (Å²) in [5, 5.41) is 11.4. The fraction of sp³-hybridized carbons (Fsp3) is 0. The van der Waals surface area contributed by atoms with Crippen molar-refractivity contribution in [2.45, 2.75) is 0 Å². The fourth-order valence-electron chi connectivity index (χ4n) is 10.9. The molecule has 6 heterocycles. The Balaban J connectivity index is 1.06. The topological polar surface area (TPSA) is 53.2 Å².